The third kappa shape index (κ3) is 3.45. The SMILES string of the molecule is CCOc1ccc(S(=O)(=O)N2CC=C(C)CC2)cc1CN. The van der Waals surface area contributed by atoms with E-state index in [0.29, 0.717) is 31.0 Å². The van der Waals surface area contributed by atoms with Gasteiger partial charge in [-0.2, -0.15) is 4.31 Å². The van der Waals surface area contributed by atoms with Crippen molar-refractivity contribution in [2.75, 3.05) is 19.7 Å². The minimum absolute atomic E-state index is 0.248. The van der Waals surface area contributed by atoms with E-state index < -0.39 is 10.0 Å². The Kier molecular flexibility index (Phi) is 5.03. The molecule has 0 saturated carbocycles. The molecule has 116 valence electrons. The van der Waals surface area contributed by atoms with Gasteiger partial charge in [0, 0.05) is 25.2 Å². The summed E-state index contributed by atoms with van der Waals surface area (Å²) in [6, 6.07) is 4.89. The lowest BCUT2D eigenvalue weighted by Gasteiger charge is -2.25. The Hall–Kier alpha value is -1.37. The van der Waals surface area contributed by atoms with E-state index in [9.17, 15) is 8.42 Å². The van der Waals surface area contributed by atoms with Crippen molar-refractivity contribution in [1.82, 2.24) is 4.31 Å². The average molecular weight is 310 g/mol. The highest BCUT2D eigenvalue weighted by molar-refractivity contribution is 7.89. The van der Waals surface area contributed by atoms with Crippen LogP contribution in [0.25, 0.3) is 0 Å². The number of sulfonamides is 1. The Labute approximate surface area is 126 Å². The van der Waals surface area contributed by atoms with Crippen molar-refractivity contribution in [3.05, 3.63) is 35.4 Å². The van der Waals surface area contributed by atoms with Crippen LogP contribution < -0.4 is 10.5 Å². The highest BCUT2D eigenvalue weighted by atomic mass is 32.2. The molecule has 0 unspecified atom stereocenters. The van der Waals surface area contributed by atoms with Gasteiger partial charge in [-0.15, -0.1) is 0 Å². The lowest BCUT2D eigenvalue weighted by atomic mass is 10.1. The normalized spacial score (nSPS) is 16.6. The van der Waals surface area contributed by atoms with Gasteiger partial charge in [-0.25, -0.2) is 8.42 Å². The molecule has 0 saturated heterocycles. The quantitative estimate of drug-likeness (QED) is 0.843. The molecule has 0 radical (unpaired) electrons. The Bertz CT molecular complexity index is 638. The zero-order valence-corrected chi connectivity index (χ0v) is 13.3. The molecular formula is C15H22N2O3S. The van der Waals surface area contributed by atoms with Gasteiger partial charge < -0.3 is 10.5 Å². The summed E-state index contributed by atoms with van der Waals surface area (Å²) in [5, 5.41) is 0. The van der Waals surface area contributed by atoms with Crippen LogP contribution in [-0.2, 0) is 16.6 Å². The van der Waals surface area contributed by atoms with Crippen LogP contribution in [0.5, 0.6) is 5.75 Å². The lowest BCUT2D eigenvalue weighted by Crippen LogP contribution is -2.34. The Morgan fingerprint density at radius 3 is 2.71 bits per heavy atom. The van der Waals surface area contributed by atoms with E-state index in [1.165, 1.54) is 9.88 Å². The van der Waals surface area contributed by atoms with Crippen molar-refractivity contribution in [1.29, 1.82) is 0 Å². The van der Waals surface area contributed by atoms with Crippen LogP contribution in [0.3, 0.4) is 0 Å². The predicted molar refractivity (Wildman–Crippen MR) is 82.6 cm³/mol. The molecule has 0 atom stereocenters. The van der Waals surface area contributed by atoms with Crippen LogP contribution >= 0.6 is 0 Å². The number of rotatable bonds is 5. The Balaban J connectivity index is 2.32. The lowest BCUT2D eigenvalue weighted by molar-refractivity contribution is 0.336. The molecule has 2 rings (SSSR count). The fourth-order valence-electron chi connectivity index (χ4n) is 2.29. The second kappa shape index (κ2) is 6.60. The molecule has 6 heteroatoms. The van der Waals surface area contributed by atoms with Gasteiger partial charge in [0.2, 0.25) is 10.0 Å². The zero-order chi connectivity index (χ0) is 15.5. The van der Waals surface area contributed by atoms with Crippen molar-refractivity contribution in [2.24, 2.45) is 5.73 Å². The van der Waals surface area contributed by atoms with E-state index in [-0.39, 0.29) is 11.4 Å². The summed E-state index contributed by atoms with van der Waals surface area (Å²) in [4.78, 5) is 0.277. The largest absolute Gasteiger partial charge is 0.494 e. The van der Waals surface area contributed by atoms with Crippen LogP contribution in [0, 0.1) is 0 Å². The Morgan fingerprint density at radius 1 is 1.38 bits per heavy atom. The van der Waals surface area contributed by atoms with E-state index in [2.05, 4.69) is 0 Å². The number of ether oxygens (including phenoxy) is 1. The van der Waals surface area contributed by atoms with Gasteiger partial charge in [-0.1, -0.05) is 11.6 Å². The average Bonchev–Trinajstić information content (AvgIpc) is 2.48. The third-order valence-electron chi connectivity index (χ3n) is 3.59. The minimum Gasteiger partial charge on any atom is -0.494 e. The molecule has 0 bridgehead atoms. The first kappa shape index (κ1) is 16.0. The summed E-state index contributed by atoms with van der Waals surface area (Å²) in [6.07, 6.45) is 2.74. The number of nitrogens with zero attached hydrogens (tertiary/aromatic N) is 1. The molecule has 2 N–H and O–H groups in total. The summed E-state index contributed by atoms with van der Waals surface area (Å²) in [5.74, 6) is 0.647. The van der Waals surface area contributed by atoms with Crippen LogP contribution in [0.2, 0.25) is 0 Å². The minimum atomic E-state index is -3.47. The van der Waals surface area contributed by atoms with E-state index >= 15 is 0 Å². The van der Waals surface area contributed by atoms with Crippen LogP contribution in [-0.4, -0.2) is 32.4 Å². The molecule has 1 aromatic carbocycles. The first-order valence-corrected chi connectivity index (χ1v) is 8.54. The molecule has 1 aromatic rings. The number of benzene rings is 1. The van der Waals surface area contributed by atoms with E-state index in [1.54, 1.807) is 18.2 Å². The predicted octanol–water partition coefficient (Wildman–Crippen LogP) is 1.88. The van der Waals surface area contributed by atoms with E-state index in [1.807, 2.05) is 19.9 Å². The molecule has 0 fully saturated rings. The Morgan fingerprint density at radius 2 is 2.14 bits per heavy atom. The maximum absolute atomic E-state index is 12.6. The van der Waals surface area contributed by atoms with Crippen molar-refractivity contribution >= 4 is 10.0 Å². The first-order valence-electron chi connectivity index (χ1n) is 7.10. The van der Waals surface area contributed by atoms with Crippen LogP contribution in [0.4, 0.5) is 0 Å². The van der Waals surface area contributed by atoms with E-state index in [4.69, 9.17) is 10.5 Å². The van der Waals surface area contributed by atoms with Crippen molar-refractivity contribution in [3.8, 4) is 5.75 Å². The van der Waals surface area contributed by atoms with Gasteiger partial charge >= 0.3 is 0 Å². The fourth-order valence-corrected chi connectivity index (χ4v) is 3.72. The maximum atomic E-state index is 12.6. The van der Waals surface area contributed by atoms with Gasteiger partial charge in [-0.05, 0) is 38.5 Å². The van der Waals surface area contributed by atoms with Gasteiger partial charge in [0.1, 0.15) is 5.75 Å². The molecular weight excluding hydrogens is 288 g/mol. The summed E-state index contributed by atoms with van der Waals surface area (Å²) >= 11 is 0. The highest BCUT2D eigenvalue weighted by Crippen LogP contribution is 2.26. The fraction of sp³-hybridized carbons (Fsp3) is 0.467. The number of hydrogen-bond acceptors (Lipinski definition) is 4. The monoisotopic (exact) mass is 310 g/mol. The van der Waals surface area contributed by atoms with Crippen LogP contribution in [0.15, 0.2) is 34.7 Å². The van der Waals surface area contributed by atoms with Gasteiger partial charge in [0.25, 0.3) is 0 Å². The smallest absolute Gasteiger partial charge is 0.243 e. The summed E-state index contributed by atoms with van der Waals surface area (Å²) in [6.45, 7) is 5.63. The molecule has 1 aliphatic heterocycles. The summed E-state index contributed by atoms with van der Waals surface area (Å²) < 4.78 is 32.2. The molecule has 1 heterocycles. The second-order valence-electron chi connectivity index (χ2n) is 5.07. The molecule has 0 aromatic heterocycles. The van der Waals surface area contributed by atoms with Gasteiger partial charge in [0.15, 0.2) is 0 Å². The maximum Gasteiger partial charge on any atom is 0.243 e. The van der Waals surface area contributed by atoms with Crippen molar-refractivity contribution < 1.29 is 13.2 Å². The highest BCUT2D eigenvalue weighted by Gasteiger charge is 2.26. The van der Waals surface area contributed by atoms with Crippen molar-refractivity contribution in [3.63, 3.8) is 0 Å². The first-order chi connectivity index (χ1) is 9.98. The topological polar surface area (TPSA) is 72.6 Å². The van der Waals surface area contributed by atoms with Gasteiger partial charge in [-0.3, -0.25) is 0 Å². The van der Waals surface area contributed by atoms with Crippen molar-refractivity contribution in [2.45, 2.75) is 31.7 Å². The molecule has 1 aliphatic rings. The number of nitrogens with two attached hydrogens (primary N) is 1. The van der Waals surface area contributed by atoms with Gasteiger partial charge in [0.05, 0.1) is 11.5 Å². The molecule has 0 amide bonds. The van der Waals surface area contributed by atoms with Crippen LogP contribution in [0.1, 0.15) is 25.8 Å². The number of hydrogen-bond donors (Lipinski definition) is 1. The molecule has 0 aliphatic carbocycles. The summed E-state index contributed by atoms with van der Waals surface area (Å²) in [5.41, 5.74) is 7.63. The summed E-state index contributed by atoms with van der Waals surface area (Å²) in [7, 11) is -3.47. The zero-order valence-electron chi connectivity index (χ0n) is 12.5. The second-order valence-corrected chi connectivity index (χ2v) is 7.01. The molecule has 21 heavy (non-hydrogen) atoms. The van der Waals surface area contributed by atoms with E-state index in [0.717, 1.165) is 6.42 Å². The standard InChI is InChI=1S/C15H22N2O3S/c1-3-20-15-5-4-14(10-13(15)11-16)21(18,19)17-8-6-12(2)7-9-17/h4-6,10H,3,7-9,11,16H2,1-2H3. The molecule has 5 nitrogen and oxygen atoms in total. The third-order valence-corrected chi connectivity index (χ3v) is 5.45. The molecule has 0 spiro atoms.